The second-order valence-corrected chi connectivity index (χ2v) is 6.89. The molecule has 1 N–H and O–H groups in total. The molecule has 114 valence electrons. The highest BCUT2D eigenvalue weighted by molar-refractivity contribution is 9.10. The van der Waals surface area contributed by atoms with Gasteiger partial charge < -0.3 is 4.98 Å². The van der Waals surface area contributed by atoms with Crippen LogP contribution in [0.2, 0.25) is 10.0 Å². The Balaban J connectivity index is 2.26. The fourth-order valence-electron chi connectivity index (χ4n) is 2.83. The third kappa shape index (κ3) is 2.53. The van der Waals surface area contributed by atoms with Crippen molar-refractivity contribution in [2.75, 3.05) is 0 Å². The third-order valence-electron chi connectivity index (χ3n) is 3.80. The number of rotatable bonds is 2. The van der Waals surface area contributed by atoms with Crippen LogP contribution in [0.4, 0.5) is 4.39 Å². The van der Waals surface area contributed by atoms with Crippen molar-refractivity contribution in [2.45, 2.75) is 19.8 Å². The van der Waals surface area contributed by atoms with Gasteiger partial charge in [0, 0.05) is 32.7 Å². The molecule has 2 nitrogen and oxygen atoms in total. The summed E-state index contributed by atoms with van der Waals surface area (Å²) in [7, 11) is 0. The maximum atomic E-state index is 13.8. The van der Waals surface area contributed by atoms with E-state index in [4.69, 9.17) is 23.2 Å². The zero-order chi connectivity index (χ0) is 16.0. The maximum absolute atomic E-state index is 13.8. The Morgan fingerprint density at radius 1 is 1.27 bits per heavy atom. The lowest BCUT2D eigenvalue weighted by atomic mass is 9.91. The number of aryl methyl sites for hydroxylation is 1. The molecule has 0 aliphatic heterocycles. The molecule has 0 radical (unpaired) electrons. The van der Waals surface area contributed by atoms with Gasteiger partial charge in [-0.15, -0.1) is 0 Å². The summed E-state index contributed by atoms with van der Waals surface area (Å²) in [5, 5.41) is 1.49. The number of benzene rings is 1. The number of hydrogen-bond donors (Lipinski definition) is 1. The van der Waals surface area contributed by atoms with Crippen LogP contribution in [0.5, 0.6) is 0 Å². The lowest BCUT2D eigenvalue weighted by Crippen LogP contribution is -2.01. The normalized spacial score (nSPS) is 12.8. The first kappa shape index (κ1) is 15.8. The van der Waals surface area contributed by atoms with Crippen molar-refractivity contribution >= 4 is 50.2 Å². The summed E-state index contributed by atoms with van der Waals surface area (Å²) < 4.78 is 14.7. The van der Waals surface area contributed by atoms with E-state index in [-0.39, 0.29) is 10.9 Å². The Morgan fingerprint density at radius 3 is 2.73 bits per heavy atom. The molecule has 0 spiro atoms. The predicted molar refractivity (Wildman–Crippen MR) is 92.5 cm³/mol. The van der Waals surface area contributed by atoms with Crippen molar-refractivity contribution in [3.63, 3.8) is 0 Å². The van der Waals surface area contributed by atoms with E-state index in [1.54, 1.807) is 6.20 Å². The minimum absolute atomic E-state index is 0.0664. The quantitative estimate of drug-likeness (QED) is 0.506. The first-order valence-electron chi connectivity index (χ1n) is 6.67. The number of aromatic nitrogens is 2. The van der Waals surface area contributed by atoms with Gasteiger partial charge in [0.1, 0.15) is 11.5 Å². The van der Waals surface area contributed by atoms with Crippen LogP contribution >= 0.6 is 39.1 Å². The van der Waals surface area contributed by atoms with Crippen molar-refractivity contribution < 1.29 is 4.39 Å². The van der Waals surface area contributed by atoms with Crippen LogP contribution in [0.25, 0.3) is 11.0 Å². The molecule has 0 aliphatic rings. The average Bonchev–Trinajstić information content (AvgIpc) is 2.78. The number of pyridine rings is 1. The molecule has 1 unspecified atom stereocenters. The Morgan fingerprint density at radius 2 is 2.00 bits per heavy atom. The minimum Gasteiger partial charge on any atom is -0.343 e. The van der Waals surface area contributed by atoms with Gasteiger partial charge in [0.2, 0.25) is 0 Å². The van der Waals surface area contributed by atoms with E-state index in [0.29, 0.717) is 10.6 Å². The number of halogens is 4. The van der Waals surface area contributed by atoms with Crippen LogP contribution < -0.4 is 0 Å². The molecule has 3 rings (SSSR count). The van der Waals surface area contributed by atoms with E-state index in [1.165, 1.54) is 12.1 Å². The van der Waals surface area contributed by atoms with Gasteiger partial charge in [0.25, 0.3) is 0 Å². The fourth-order valence-corrected chi connectivity index (χ4v) is 3.86. The van der Waals surface area contributed by atoms with Crippen molar-refractivity contribution in [1.29, 1.82) is 0 Å². The number of fused-ring (bicyclic) bond motifs is 1. The summed E-state index contributed by atoms with van der Waals surface area (Å²) in [6, 6.07) is 4.80. The smallest absolute Gasteiger partial charge is 0.142 e. The molecule has 0 saturated carbocycles. The van der Waals surface area contributed by atoms with Crippen LogP contribution in [-0.4, -0.2) is 9.97 Å². The first-order valence-corrected chi connectivity index (χ1v) is 8.22. The Kier molecular flexibility index (Phi) is 4.19. The fraction of sp³-hybridized carbons (Fsp3) is 0.188. The van der Waals surface area contributed by atoms with E-state index < -0.39 is 5.82 Å². The van der Waals surface area contributed by atoms with Gasteiger partial charge in [-0.05, 0) is 52.2 Å². The molecule has 0 amide bonds. The van der Waals surface area contributed by atoms with Gasteiger partial charge >= 0.3 is 0 Å². The molecule has 1 aromatic carbocycles. The number of hydrogen-bond acceptors (Lipinski definition) is 1. The summed E-state index contributed by atoms with van der Waals surface area (Å²) >= 11 is 15.8. The van der Waals surface area contributed by atoms with Crippen LogP contribution in [0.3, 0.4) is 0 Å². The molecular formula is C16H12BrCl2FN2. The van der Waals surface area contributed by atoms with Crippen LogP contribution in [0.1, 0.15) is 29.7 Å². The van der Waals surface area contributed by atoms with Gasteiger partial charge in [-0.2, -0.15) is 0 Å². The monoisotopic (exact) mass is 400 g/mol. The maximum Gasteiger partial charge on any atom is 0.142 e. The summed E-state index contributed by atoms with van der Waals surface area (Å²) in [5.74, 6) is -0.634. The minimum atomic E-state index is -0.468. The lowest BCUT2D eigenvalue weighted by Gasteiger charge is -2.17. The van der Waals surface area contributed by atoms with Crippen molar-refractivity contribution in [3.8, 4) is 0 Å². The van der Waals surface area contributed by atoms with Gasteiger partial charge in [-0.3, -0.25) is 0 Å². The summed E-state index contributed by atoms with van der Waals surface area (Å²) in [6.45, 7) is 3.92. The van der Waals surface area contributed by atoms with Crippen molar-refractivity contribution in [3.05, 3.63) is 61.6 Å². The molecule has 2 aromatic heterocycles. The van der Waals surface area contributed by atoms with Crippen LogP contribution in [0, 0.1) is 12.7 Å². The largest absolute Gasteiger partial charge is 0.343 e. The third-order valence-corrected chi connectivity index (χ3v) is 4.95. The predicted octanol–water partition coefficient (Wildman–Crippen LogP) is 6.23. The Hall–Kier alpha value is -1.10. The van der Waals surface area contributed by atoms with E-state index in [2.05, 4.69) is 25.9 Å². The topological polar surface area (TPSA) is 28.7 Å². The number of aromatic amines is 1. The zero-order valence-electron chi connectivity index (χ0n) is 11.8. The number of nitrogens with zero attached hydrogens (tertiary/aromatic N) is 1. The van der Waals surface area contributed by atoms with Crippen molar-refractivity contribution in [2.24, 2.45) is 0 Å². The van der Waals surface area contributed by atoms with Gasteiger partial charge in [-0.1, -0.05) is 30.1 Å². The molecule has 0 aliphatic carbocycles. The van der Waals surface area contributed by atoms with E-state index in [9.17, 15) is 4.39 Å². The number of nitrogens with one attached hydrogen (secondary N) is 1. The Labute approximate surface area is 145 Å². The second kappa shape index (κ2) is 5.84. The van der Waals surface area contributed by atoms with Crippen LogP contribution in [-0.2, 0) is 0 Å². The highest BCUT2D eigenvalue weighted by atomic mass is 79.9. The molecule has 22 heavy (non-hydrogen) atoms. The standard InChI is InChI=1S/C16H12BrCl2FN2/c1-7(14-11(18)3-4-12(20)15(14)19)13-8(2)22-16-10(13)5-9(17)6-21-16/h3-7H,1-2H3,(H,21,22). The van der Waals surface area contributed by atoms with Crippen molar-refractivity contribution in [1.82, 2.24) is 9.97 Å². The molecule has 0 saturated heterocycles. The number of H-pyrrole nitrogens is 1. The zero-order valence-corrected chi connectivity index (χ0v) is 14.9. The van der Waals surface area contributed by atoms with Gasteiger partial charge in [-0.25, -0.2) is 9.37 Å². The summed E-state index contributed by atoms with van der Waals surface area (Å²) in [5.41, 5.74) is 3.35. The molecule has 0 bridgehead atoms. The molecule has 0 fully saturated rings. The highest BCUT2D eigenvalue weighted by Crippen LogP contribution is 2.40. The van der Waals surface area contributed by atoms with Gasteiger partial charge in [0.05, 0.1) is 5.02 Å². The SMILES string of the molecule is Cc1[nH]c2ncc(Br)cc2c1C(C)c1c(Cl)ccc(F)c1Cl. The summed E-state index contributed by atoms with van der Waals surface area (Å²) in [4.78, 5) is 7.60. The van der Waals surface area contributed by atoms with Gasteiger partial charge in [0.15, 0.2) is 0 Å². The molecule has 2 heterocycles. The van der Waals surface area contributed by atoms with E-state index in [1.807, 2.05) is 19.9 Å². The van der Waals surface area contributed by atoms with Crippen LogP contribution in [0.15, 0.2) is 28.9 Å². The molecule has 3 aromatic rings. The molecular weight excluding hydrogens is 390 g/mol. The average molecular weight is 402 g/mol. The summed E-state index contributed by atoms with van der Waals surface area (Å²) in [6.07, 6.45) is 1.73. The second-order valence-electron chi connectivity index (χ2n) is 5.19. The highest BCUT2D eigenvalue weighted by Gasteiger charge is 2.23. The molecule has 6 heteroatoms. The Bertz CT molecular complexity index is 876. The molecule has 1 atom stereocenters. The lowest BCUT2D eigenvalue weighted by molar-refractivity contribution is 0.625. The van der Waals surface area contributed by atoms with E-state index >= 15 is 0 Å². The first-order chi connectivity index (χ1) is 10.4. The van der Waals surface area contributed by atoms with E-state index in [0.717, 1.165) is 26.8 Å².